The van der Waals surface area contributed by atoms with E-state index in [2.05, 4.69) is 40.1 Å². The molecule has 1 aromatic carbocycles. The number of benzene rings is 1. The topological polar surface area (TPSA) is 38.2 Å². The largest absolute Gasteiger partial charge is 0.497 e. The maximum Gasteiger partial charge on any atom is 0.132 e. The molecule has 0 amide bonds. The van der Waals surface area contributed by atoms with Crippen LogP contribution in [0.2, 0.25) is 0 Å². The van der Waals surface area contributed by atoms with Crippen LogP contribution in [0, 0.1) is 0 Å². The maximum atomic E-state index is 5.17. The van der Waals surface area contributed by atoms with E-state index in [1.807, 2.05) is 12.1 Å². The van der Waals surface area contributed by atoms with Crippen molar-refractivity contribution in [1.82, 2.24) is 9.97 Å². The number of hydrogen-bond donors (Lipinski definition) is 0. The molecule has 20 heavy (non-hydrogen) atoms. The summed E-state index contributed by atoms with van der Waals surface area (Å²) < 4.78 is 5.17. The van der Waals surface area contributed by atoms with Crippen molar-refractivity contribution in [3.05, 3.63) is 47.9 Å². The van der Waals surface area contributed by atoms with Gasteiger partial charge in [-0.1, -0.05) is 12.1 Å². The van der Waals surface area contributed by atoms with E-state index >= 15 is 0 Å². The number of aromatic nitrogens is 2. The van der Waals surface area contributed by atoms with Crippen molar-refractivity contribution in [3.63, 3.8) is 0 Å². The molecule has 1 aliphatic rings. The van der Waals surface area contributed by atoms with Gasteiger partial charge in [0, 0.05) is 31.3 Å². The fraction of sp³-hybridized carbons (Fsp3) is 0.375. The lowest BCUT2D eigenvalue weighted by atomic mass is 10.2. The van der Waals surface area contributed by atoms with Gasteiger partial charge in [0.1, 0.15) is 17.9 Å². The van der Waals surface area contributed by atoms with Crippen LogP contribution in [-0.4, -0.2) is 24.1 Å². The SMILES string of the molecule is COc1ccc(CN(C)c2cc(C3CC3)ncn2)cc1. The first kappa shape index (κ1) is 12.9. The van der Waals surface area contributed by atoms with Gasteiger partial charge in [0.05, 0.1) is 7.11 Å². The smallest absolute Gasteiger partial charge is 0.132 e. The average Bonchev–Trinajstić information content (AvgIpc) is 3.33. The minimum Gasteiger partial charge on any atom is -0.497 e. The highest BCUT2D eigenvalue weighted by molar-refractivity contribution is 5.41. The van der Waals surface area contributed by atoms with Crippen LogP contribution in [0.1, 0.15) is 30.0 Å². The molecule has 1 fully saturated rings. The highest BCUT2D eigenvalue weighted by atomic mass is 16.5. The first-order chi connectivity index (χ1) is 9.76. The summed E-state index contributed by atoms with van der Waals surface area (Å²) >= 11 is 0. The predicted octanol–water partition coefficient (Wildman–Crippen LogP) is 3.00. The van der Waals surface area contributed by atoms with Gasteiger partial charge < -0.3 is 9.64 Å². The van der Waals surface area contributed by atoms with E-state index in [0.717, 1.165) is 18.1 Å². The lowest BCUT2D eigenvalue weighted by Crippen LogP contribution is -2.18. The quantitative estimate of drug-likeness (QED) is 0.836. The molecule has 0 saturated heterocycles. The Morgan fingerprint density at radius 1 is 1.20 bits per heavy atom. The van der Waals surface area contributed by atoms with Crippen molar-refractivity contribution in [2.24, 2.45) is 0 Å². The molecule has 1 heterocycles. The summed E-state index contributed by atoms with van der Waals surface area (Å²) in [6.07, 6.45) is 4.20. The van der Waals surface area contributed by atoms with Crippen LogP contribution < -0.4 is 9.64 Å². The van der Waals surface area contributed by atoms with Crippen LogP contribution >= 0.6 is 0 Å². The van der Waals surface area contributed by atoms with Gasteiger partial charge >= 0.3 is 0 Å². The summed E-state index contributed by atoms with van der Waals surface area (Å²) in [5, 5.41) is 0. The van der Waals surface area contributed by atoms with E-state index in [9.17, 15) is 0 Å². The number of nitrogens with zero attached hydrogens (tertiary/aromatic N) is 3. The molecule has 0 atom stereocenters. The monoisotopic (exact) mass is 269 g/mol. The Labute approximate surface area is 119 Å². The first-order valence-corrected chi connectivity index (χ1v) is 6.92. The van der Waals surface area contributed by atoms with Crippen molar-refractivity contribution in [1.29, 1.82) is 0 Å². The van der Waals surface area contributed by atoms with Gasteiger partial charge in [-0.3, -0.25) is 0 Å². The van der Waals surface area contributed by atoms with E-state index in [1.54, 1.807) is 13.4 Å². The van der Waals surface area contributed by atoms with Gasteiger partial charge in [0.15, 0.2) is 0 Å². The number of methoxy groups -OCH3 is 1. The lowest BCUT2D eigenvalue weighted by Gasteiger charge is -2.18. The van der Waals surface area contributed by atoms with Crippen LogP contribution in [-0.2, 0) is 6.54 Å². The summed E-state index contributed by atoms with van der Waals surface area (Å²) in [4.78, 5) is 10.9. The fourth-order valence-corrected chi connectivity index (χ4v) is 2.26. The molecule has 3 rings (SSSR count). The second-order valence-electron chi connectivity index (χ2n) is 5.28. The molecule has 0 unspecified atom stereocenters. The Kier molecular flexibility index (Phi) is 3.54. The molecule has 1 aliphatic carbocycles. The Bertz CT molecular complexity index is 579. The number of anilines is 1. The Morgan fingerprint density at radius 2 is 1.95 bits per heavy atom. The molecule has 0 spiro atoms. The molecule has 4 nitrogen and oxygen atoms in total. The standard InChI is InChI=1S/C16H19N3O/c1-19(10-12-3-7-14(20-2)8-4-12)16-9-15(13-5-6-13)17-11-18-16/h3-4,7-9,11,13H,5-6,10H2,1-2H3. The highest BCUT2D eigenvalue weighted by Gasteiger charge is 2.25. The third-order valence-corrected chi connectivity index (χ3v) is 3.64. The first-order valence-electron chi connectivity index (χ1n) is 6.92. The van der Waals surface area contributed by atoms with Gasteiger partial charge in [-0.25, -0.2) is 9.97 Å². The van der Waals surface area contributed by atoms with E-state index in [-0.39, 0.29) is 0 Å². The predicted molar refractivity (Wildman–Crippen MR) is 79.1 cm³/mol. The summed E-state index contributed by atoms with van der Waals surface area (Å²) in [5.41, 5.74) is 2.41. The minimum absolute atomic E-state index is 0.658. The van der Waals surface area contributed by atoms with Crippen LogP contribution in [0.3, 0.4) is 0 Å². The zero-order valence-corrected chi connectivity index (χ0v) is 11.9. The fourth-order valence-electron chi connectivity index (χ4n) is 2.26. The summed E-state index contributed by atoms with van der Waals surface area (Å²) in [5.74, 6) is 2.53. The molecule has 0 bridgehead atoms. The van der Waals surface area contributed by atoms with Gasteiger partial charge in [-0.15, -0.1) is 0 Å². The van der Waals surface area contributed by atoms with Crippen LogP contribution in [0.15, 0.2) is 36.7 Å². The zero-order chi connectivity index (χ0) is 13.9. The van der Waals surface area contributed by atoms with E-state index < -0.39 is 0 Å². The summed E-state index contributed by atoms with van der Waals surface area (Å²) in [6.45, 7) is 0.825. The van der Waals surface area contributed by atoms with Crippen molar-refractivity contribution >= 4 is 5.82 Å². The van der Waals surface area contributed by atoms with Crippen LogP contribution in [0.25, 0.3) is 0 Å². The average molecular weight is 269 g/mol. The number of rotatable bonds is 5. The molecule has 0 N–H and O–H groups in total. The molecule has 104 valence electrons. The highest BCUT2D eigenvalue weighted by Crippen LogP contribution is 2.39. The van der Waals surface area contributed by atoms with Crippen LogP contribution in [0.4, 0.5) is 5.82 Å². The molecule has 1 aromatic heterocycles. The Balaban J connectivity index is 1.71. The second-order valence-corrected chi connectivity index (χ2v) is 5.28. The van der Waals surface area contributed by atoms with E-state index in [0.29, 0.717) is 5.92 Å². The van der Waals surface area contributed by atoms with E-state index in [1.165, 1.54) is 24.1 Å². The van der Waals surface area contributed by atoms with Crippen LogP contribution in [0.5, 0.6) is 5.75 Å². The zero-order valence-electron chi connectivity index (χ0n) is 11.9. The van der Waals surface area contributed by atoms with Crippen molar-refractivity contribution in [2.75, 3.05) is 19.1 Å². The summed E-state index contributed by atoms with van der Waals surface area (Å²) in [6, 6.07) is 10.2. The van der Waals surface area contributed by atoms with Crippen molar-refractivity contribution < 1.29 is 4.74 Å². The molecule has 0 aliphatic heterocycles. The maximum absolute atomic E-state index is 5.17. The van der Waals surface area contributed by atoms with E-state index in [4.69, 9.17) is 4.74 Å². The number of ether oxygens (including phenoxy) is 1. The Morgan fingerprint density at radius 3 is 2.60 bits per heavy atom. The second kappa shape index (κ2) is 5.49. The van der Waals surface area contributed by atoms with Crippen molar-refractivity contribution in [3.8, 4) is 5.75 Å². The molecular weight excluding hydrogens is 250 g/mol. The molecular formula is C16H19N3O. The summed E-state index contributed by atoms with van der Waals surface area (Å²) in [7, 11) is 3.74. The molecule has 0 radical (unpaired) electrons. The molecule has 4 heteroatoms. The van der Waals surface area contributed by atoms with Crippen molar-refractivity contribution in [2.45, 2.75) is 25.3 Å². The van der Waals surface area contributed by atoms with Gasteiger partial charge in [-0.2, -0.15) is 0 Å². The number of hydrogen-bond acceptors (Lipinski definition) is 4. The normalized spacial score (nSPS) is 14.1. The minimum atomic E-state index is 0.658. The Hall–Kier alpha value is -2.10. The van der Waals surface area contributed by atoms with Gasteiger partial charge in [-0.05, 0) is 30.5 Å². The van der Waals surface area contributed by atoms with Gasteiger partial charge in [0.2, 0.25) is 0 Å². The third kappa shape index (κ3) is 2.90. The third-order valence-electron chi connectivity index (χ3n) is 3.64. The van der Waals surface area contributed by atoms with Gasteiger partial charge in [0.25, 0.3) is 0 Å². The molecule has 1 saturated carbocycles. The molecule has 2 aromatic rings. The lowest BCUT2D eigenvalue weighted by molar-refractivity contribution is 0.414.